The number of nitrogens with zero attached hydrogens (tertiary/aromatic N) is 2. The quantitative estimate of drug-likeness (QED) is 0.896. The first kappa shape index (κ1) is 18.2. The molecule has 2 rings (SSSR count). The van der Waals surface area contributed by atoms with Gasteiger partial charge >= 0.3 is 0 Å². The molecule has 0 bridgehead atoms. The van der Waals surface area contributed by atoms with Crippen LogP contribution in [0.15, 0.2) is 24.3 Å². The van der Waals surface area contributed by atoms with Gasteiger partial charge in [0.2, 0.25) is 5.91 Å². The molecule has 1 heterocycles. The van der Waals surface area contributed by atoms with E-state index in [4.69, 9.17) is 11.6 Å². The van der Waals surface area contributed by atoms with Gasteiger partial charge < -0.3 is 14.9 Å². The Labute approximate surface area is 144 Å². The van der Waals surface area contributed by atoms with Crippen molar-refractivity contribution in [3.05, 3.63) is 34.9 Å². The van der Waals surface area contributed by atoms with Crippen LogP contribution < -0.4 is 0 Å². The zero-order chi connectivity index (χ0) is 17.0. The predicted molar refractivity (Wildman–Crippen MR) is 93.6 cm³/mol. The van der Waals surface area contributed by atoms with Crippen molar-refractivity contribution in [2.75, 3.05) is 33.7 Å². The lowest BCUT2D eigenvalue weighted by Gasteiger charge is -2.41. The second-order valence-electron chi connectivity index (χ2n) is 6.74. The maximum Gasteiger partial charge on any atom is 0.227 e. The molecule has 4 nitrogen and oxygen atoms in total. The van der Waals surface area contributed by atoms with Gasteiger partial charge in [-0.15, -0.1) is 0 Å². The van der Waals surface area contributed by atoms with Crippen LogP contribution >= 0.6 is 11.6 Å². The summed E-state index contributed by atoms with van der Waals surface area (Å²) in [6, 6.07) is 7.92. The van der Waals surface area contributed by atoms with Gasteiger partial charge in [0.25, 0.3) is 0 Å². The summed E-state index contributed by atoms with van der Waals surface area (Å²) in [6.07, 6.45) is 2.18. The Morgan fingerprint density at radius 2 is 1.96 bits per heavy atom. The molecule has 1 aromatic rings. The number of aliphatic hydroxyl groups is 1. The molecular formula is C18H27ClN2O2. The molecule has 1 saturated heterocycles. The van der Waals surface area contributed by atoms with Crippen LogP contribution in [0.2, 0.25) is 5.02 Å². The van der Waals surface area contributed by atoms with Crippen LogP contribution in [0.5, 0.6) is 0 Å². The minimum Gasteiger partial charge on any atom is -0.389 e. The van der Waals surface area contributed by atoms with Crippen molar-refractivity contribution < 1.29 is 9.90 Å². The van der Waals surface area contributed by atoms with Gasteiger partial charge in [-0.1, -0.05) is 36.7 Å². The van der Waals surface area contributed by atoms with Crippen molar-refractivity contribution in [3.8, 4) is 0 Å². The minimum absolute atomic E-state index is 0.00276. The highest BCUT2D eigenvalue weighted by Crippen LogP contribution is 2.31. The number of amides is 1. The van der Waals surface area contributed by atoms with Crippen LogP contribution in [0.1, 0.15) is 25.3 Å². The van der Waals surface area contributed by atoms with Crippen molar-refractivity contribution in [2.45, 2.75) is 31.8 Å². The van der Waals surface area contributed by atoms with Crippen LogP contribution in [0.4, 0.5) is 0 Å². The lowest BCUT2D eigenvalue weighted by molar-refractivity contribution is -0.145. The fourth-order valence-corrected chi connectivity index (χ4v) is 3.42. The van der Waals surface area contributed by atoms with E-state index in [1.807, 2.05) is 25.1 Å². The Bertz CT molecular complexity index is 540. The van der Waals surface area contributed by atoms with Crippen molar-refractivity contribution >= 4 is 17.5 Å². The van der Waals surface area contributed by atoms with E-state index >= 15 is 0 Å². The molecule has 23 heavy (non-hydrogen) atoms. The molecule has 1 fully saturated rings. The molecule has 1 amide bonds. The molecule has 128 valence electrons. The summed E-state index contributed by atoms with van der Waals surface area (Å²) in [5.41, 5.74) is 0.272. The van der Waals surface area contributed by atoms with E-state index in [-0.39, 0.29) is 11.8 Å². The molecule has 1 unspecified atom stereocenters. The number of likely N-dealkylation sites (tertiary alicyclic amines) is 1. The number of carbonyl (C=O) groups is 1. The predicted octanol–water partition coefficient (Wildman–Crippen LogP) is 2.43. The number of carbonyl (C=O) groups excluding carboxylic acids is 1. The van der Waals surface area contributed by atoms with Crippen LogP contribution in [0.25, 0.3) is 0 Å². The fourth-order valence-electron chi connectivity index (χ4n) is 3.19. The van der Waals surface area contributed by atoms with Crippen LogP contribution in [-0.4, -0.2) is 60.1 Å². The van der Waals surface area contributed by atoms with E-state index in [1.165, 1.54) is 0 Å². The molecule has 5 heteroatoms. The molecule has 0 spiro atoms. The lowest BCUT2D eigenvalue weighted by atomic mass is 9.79. The van der Waals surface area contributed by atoms with E-state index in [0.717, 1.165) is 36.6 Å². The van der Waals surface area contributed by atoms with Crippen molar-refractivity contribution in [2.24, 2.45) is 5.92 Å². The second-order valence-corrected chi connectivity index (χ2v) is 7.15. The van der Waals surface area contributed by atoms with Gasteiger partial charge in [0.1, 0.15) is 0 Å². The molecular weight excluding hydrogens is 312 g/mol. The Morgan fingerprint density at radius 3 is 2.52 bits per heavy atom. The standard InChI is InChI=1S/C18H27ClN2O2/c1-14(17(22)20(2)3)18(23)9-12-21(13-10-18)11-8-15-6-4-5-7-16(15)19/h4-7,14,23H,8-13H2,1-3H3. The zero-order valence-electron chi connectivity index (χ0n) is 14.3. The summed E-state index contributed by atoms with van der Waals surface area (Å²) in [4.78, 5) is 16.0. The molecule has 1 atom stereocenters. The number of piperidine rings is 1. The molecule has 1 N–H and O–H groups in total. The Morgan fingerprint density at radius 1 is 1.35 bits per heavy atom. The first-order chi connectivity index (χ1) is 10.8. The van der Waals surface area contributed by atoms with E-state index in [9.17, 15) is 9.90 Å². The van der Waals surface area contributed by atoms with Crippen LogP contribution in [0.3, 0.4) is 0 Å². The first-order valence-corrected chi connectivity index (χ1v) is 8.60. The zero-order valence-corrected chi connectivity index (χ0v) is 15.0. The second kappa shape index (κ2) is 7.65. The Balaban J connectivity index is 1.86. The average Bonchev–Trinajstić information content (AvgIpc) is 2.54. The van der Waals surface area contributed by atoms with Crippen molar-refractivity contribution in [1.29, 1.82) is 0 Å². The number of hydrogen-bond acceptors (Lipinski definition) is 3. The van der Waals surface area contributed by atoms with Crippen molar-refractivity contribution in [1.82, 2.24) is 9.80 Å². The molecule has 0 saturated carbocycles. The summed E-state index contributed by atoms with van der Waals surface area (Å²) in [6.45, 7) is 4.38. The van der Waals surface area contributed by atoms with Crippen LogP contribution in [-0.2, 0) is 11.2 Å². The molecule has 1 aromatic carbocycles. The van der Waals surface area contributed by atoms with Gasteiger partial charge in [-0.25, -0.2) is 0 Å². The van der Waals surface area contributed by atoms with E-state index < -0.39 is 5.60 Å². The average molecular weight is 339 g/mol. The molecule has 1 aliphatic heterocycles. The largest absolute Gasteiger partial charge is 0.389 e. The maximum atomic E-state index is 12.1. The van der Waals surface area contributed by atoms with Gasteiger partial charge in [0, 0.05) is 38.8 Å². The molecule has 1 aliphatic rings. The van der Waals surface area contributed by atoms with Gasteiger partial charge in [-0.2, -0.15) is 0 Å². The van der Waals surface area contributed by atoms with E-state index in [1.54, 1.807) is 19.0 Å². The van der Waals surface area contributed by atoms with Crippen molar-refractivity contribution in [3.63, 3.8) is 0 Å². The van der Waals surface area contributed by atoms with Gasteiger partial charge in [-0.05, 0) is 30.9 Å². The first-order valence-electron chi connectivity index (χ1n) is 8.23. The van der Waals surface area contributed by atoms with Crippen LogP contribution in [0, 0.1) is 5.92 Å². The third kappa shape index (κ3) is 4.46. The number of hydrogen-bond donors (Lipinski definition) is 1. The number of rotatable bonds is 5. The molecule has 0 aliphatic carbocycles. The highest BCUT2D eigenvalue weighted by Gasteiger charge is 2.41. The summed E-state index contributed by atoms with van der Waals surface area (Å²) in [7, 11) is 3.47. The topological polar surface area (TPSA) is 43.8 Å². The molecule has 0 aromatic heterocycles. The summed E-state index contributed by atoms with van der Waals surface area (Å²) >= 11 is 6.19. The summed E-state index contributed by atoms with van der Waals surface area (Å²) in [5, 5.41) is 11.6. The highest BCUT2D eigenvalue weighted by molar-refractivity contribution is 6.31. The third-order valence-electron chi connectivity index (χ3n) is 4.99. The maximum absolute atomic E-state index is 12.1. The van der Waals surface area contributed by atoms with Gasteiger partial charge in [0.05, 0.1) is 11.5 Å². The summed E-state index contributed by atoms with van der Waals surface area (Å²) in [5.74, 6) is -0.361. The number of benzene rings is 1. The normalized spacial score (nSPS) is 19.3. The Hall–Kier alpha value is -1.10. The van der Waals surface area contributed by atoms with E-state index in [2.05, 4.69) is 11.0 Å². The molecule has 0 radical (unpaired) electrons. The minimum atomic E-state index is -0.887. The fraction of sp³-hybridized carbons (Fsp3) is 0.611. The summed E-state index contributed by atoms with van der Waals surface area (Å²) < 4.78 is 0. The third-order valence-corrected chi connectivity index (χ3v) is 5.36. The number of halogens is 1. The smallest absolute Gasteiger partial charge is 0.227 e. The van der Waals surface area contributed by atoms with Gasteiger partial charge in [0.15, 0.2) is 0 Å². The monoisotopic (exact) mass is 338 g/mol. The highest BCUT2D eigenvalue weighted by atomic mass is 35.5. The SMILES string of the molecule is CC(C(=O)N(C)C)C1(O)CCN(CCc2ccccc2Cl)CC1. The Kier molecular flexibility index (Phi) is 6.06. The van der Waals surface area contributed by atoms with Gasteiger partial charge in [-0.3, -0.25) is 4.79 Å². The lowest BCUT2D eigenvalue weighted by Crippen LogP contribution is -2.52. The van der Waals surface area contributed by atoms with E-state index in [0.29, 0.717) is 12.8 Å².